The topological polar surface area (TPSA) is 114 Å². The van der Waals surface area contributed by atoms with Gasteiger partial charge in [0.05, 0.1) is 12.5 Å². The molecular weight excluding hydrogens is 325 g/mol. The predicted molar refractivity (Wildman–Crippen MR) is 89.4 cm³/mol. The zero-order valence-corrected chi connectivity index (χ0v) is 13.2. The van der Waals surface area contributed by atoms with Crippen molar-refractivity contribution in [2.24, 2.45) is 5.73 Å². The molecule has 0 bridgehead atoms. The van der Waals surface area contributed by atoms with Gasteiger partial charge in [0.15, 0.2) is 0 Å². The lowest BCUT2D eigenvalue weighted by atomic mass is 10.1. The monoisotopic (exact) mass is 339 g/mol. The molecule has 0 fully saturated rings. The molecule has 0 atom stereocenters. The summed E-state index contributed by atoms with van der Waals surface area (Å²) in [6.07, 6.45) is 2.43. The van der Waals surface area contributed by atoms with Crippen molar-refractivity contribution >= 4 is 17.6 Å². The van der Waals surface area contributed by atoms with Gasteiger partial charge in [-0.2, -0.15) is 0 Å². The summed E-state index contributed by atoms with van der Waals surface area (Å²) in [4.78, 5) is 34.1. The van der Waals surface area contributed by atoms with E-state index in [1.807, 2.05) is 0 Å². The maximum Gasteiger partial charge on any atom is 0.267 e. The smallest absolute Gasteiger partial charge is 0.267 e. The summed E-state index contributed by atoms with van der Waals surface area (Å²) >= 11 is 0. The molecule has 8 heteroatoms. The summed E-state index contributed by atoms with van der Waals surface area (Å²) in [5.74, 6) is -1.18. The molecule has 7 nitrogen and oxygen atoms in total. The highest BCUT2D eigenvalue weighted by Crippen LogP contribution is 2.21. The van der Waals surface area contributed by atoms with Gasteiger partial charge in [0.1, 0.15) is 23.0 Å². The van der Waals surface area contributed by atoms with Crippen molar-refractivity contribution in [2.45, 2.75) is 6.92 Å². The fraction of sp³-hybridized carbons (Fsp3) is 0.0588. The molecule has 0 unspecified atom stereocenters. The van der Waals surface area contributed by atoms with Crippen molar-refractivity contribution in [3.05, 3.63) is 65.5 Å². The normalized spacial score (nSPS) is 10.5. The first-order valence-electron chi connectivity index (χ1n) is 7.33. The summed E-state index contributed by atoms with van der Waals surface area (Å²) in [6.45, 7) is 1.58. The van der Waals surface area contributed by atoms with E-state index in [2.05, 4.69) is 20.3 Å². The number of aryl methyl sites for hydroxylation is 1. The minimum atomic E-state index is -0.618. The average Bonchev–Trinajstić information content (AvgIpc) is 3.08. The van der Waals surface area contributed by atoms with Crippen LogP contribution in [0.25, 0.3) is 11.3 Å². The van der Waals surface area contributed by atoms with E-state index in [0.29, 0.717) is 22.4 Å². The lowest BCUT2D eigenvalue weighted by Crippen LogP contribution is -2.14. The first-order valence-corrected chi connectivity index (χ1v) is 7.33. The van der Waals surface area contributed by atoms with Crippen LogP contribution in [-0.2, 0) is 0 Å². The highest BCUT2D eigenvalue weighted by Gasteiger charge is 2.14. The predicted octanol–water partition coefficient (Wildman–Crippen LogP) is 2.27. The number of nitrogens with two attached hydrogens (primary N) is 1. The van der Waals surface area contributed by atoms with Gasteiger partial charge in [0.25, 0.3) is 11.8 Å². The number of nitrogens with zero attached hydrogens (tertiary/aromatic N) is 2. The van der Waals surface area contributed by atoms with E-state index in [1.54, 1.807) is 31.2 Å². The van der Waals surface area contributed by atoms with E-state index in [4.69, 9.17) is 5.73 Å². The molecule has 0 spiro atoms. The number of pyridine rings is 1. The first kappa shape index (κ1) is 16.3. The lowest BCUT2D eigenvalue weighted by molar-refractivity contribution is 0.0994. The number of hydrogen-bond acceptors (Lipinski definition) is 4. The van der Waals surface area contributed by atoms with Gasteiger partial charge < -0.3 is 16.0 Å². The van der Waals surface area contributed by atoms with Crippen LogP contribution < -0.4 is 11.1 Å². The number of nitrogens with one attached hydrogen (secondary N) is 2. The number of carbonyl (C=O) groups excluding carboxylic acids is 2. The Hall–Kier alpha value is -3.55. The van der Waals surface area contributed by atoms with Gasteiger partial charge in [0, 0.05) is 11.1 Å². The van der Waals surface area contributed by atoms with Gasteiger partial charge in [-0.05, 0) is 30.7 Å². The Bertz CT molecular complexity index is 950. The zero-order valence-electron chi connectivity index (χ0n) is 13.2. The van der Waals surface area contributed by atoms with Crippen LogP contribution >= 0.6 is 0 Å². The summed E-state index contributed by atoms with van der Waals surface area (Å²) in [7, 11) is 0. The van der Waals surface area contributed by atoms with Crippen molar-refractivity contribution < 1.29 is 14.0 Å². The van der Waals surface area contributed by atoms with Crippen LogP contribution in [0.1, 0.15) is 26.4 Å². The highest BCUT2D eigenvalue weighted by molar-refractivity contribution is 6.04. The third-order valence-electron chi connectivity index (χ3n) is 3.59. The first-order chi connectivity index (χ1) is 12.0. The molecule has 0 aliphatic carbocycles. The van der Waals surface area contributed by atoms with Gasteiger partial charge in [-0.25, -0.2) is 14.4 Å². The molecule has 0 aliphatic heterocycles. The van der Waals surface area contributed by atoms with Crippen LogP contribution in [0.15, 0.2) is 42.9 Å². The molecular formula is C17H14FN5O2. The second-order valence-corrected chi connectivity index (χ2v) is 5.34. The molecule has 126 valence electrons. The number of rotatable bonds is 4. The quantitative estimate of drug-likeness (QED) is 0.676. The maximum absolute atomic E-state index is 13.2. The van der Waals surface area contributed by atoms with Crippen LogP contribution in [0.3, 0.4) is 0 Å². The van der Waals surface area contributed by atoms with Gasteiger partial charge >= 0.3 is 0 Å². The number of benzene rings is 1. The Morgan fingerprint density at radius 2 is 1.92 bits per heavy atom. The minimum absolute atomic E-state index is 0.197. The summed E-state index contributed by atoms with van der Waals surface area (Å²) in [5.41, 5.74) is 7.29. The molecule has 1 aromatic carbocycles. The van der Waals surface area contributed by atoms with Gasteiger partial charge in [0.2, 0.25) is 0 Å². The Morgan fingerprint density at radius 1 is 1.20 bits per heavy atom. The number of aromatic amines is 1. The molecule has 3 rings (SSSR count). The molecule has 25 heavy (non-hydrogen) atoms. The van der Waals surface area contributed by atoms with E-state index >= 15 is 0 Å². The second kappa shape index (κ2) is 6.52. The summed E-state index contributed by atoms with van der Waals surface area (Å²) in [5, 5.41) is 2.60. The van der Waals surface area contributed by atoms with E-state index in [1.165, 1.54) is 12.4 Å². The zero-order chi connectivity index (χ0) is 18.0. The molecule has 4 N–H and O–H groups in total. The SMILES string of the molecule is Cc1cc(NC(=O)c2ccc(-c3nc[nH]c3C(N)=O)cc2)ncc1F. The largest absolute Gasteiger partial charge is 0.364 e. The van der Waals surface area contributed by atoms with Crippen molar-refractivity contribution in [3.8, 4) is 11.3 Å². The van der Waals surface area contributed by atoms with Crippen molar-refractivity contribution in [2.75, 3.05) is 5.32 Å². The Labute approximate surface area is 142 Å². The van der Waals surface area contributed by atoms with Crippen LogP contribution in [0, 0.1) is 12.7 Å². The van der Waals surface area contributed by atoms with Crippen LogP contribution in [0.4, 0.5) is 10.2 Å². The number of hydrogen-bond donors (Lipinski definition) is 3. The number of imidazole rings is 1. The molecule has 0 aliphatic rings. The number of primary amides is 1. The Kier molecular flexibility index (Phi) is 4.25. The van der Waals surface area contributed by atoms with Crippen molar-refractivity contribution in [3.63, 3.8) is 0 Å². The maximum atomic E-state index is 13.2. The van der Waals surface area contributed by atoms with E-state index in [-0.39, 0.29) is 17.4 Å². The average molecular weight is 339 g/mol. The molecule has 2 aromatic heterocycles. The molecule has 3 aromatic rings. The second-order valence-electron chi connectivity index (χ2n) is 5.34. The fourth-order valence-electron chi connectivity index (χ4n) is 2.28. The number of carbonyl (C=O) groups is 2. The number of H-pyrrole nitrogens is 1. The van der Waals surface area contributed by atoms with E-state index in [9.17, 15) is 14.0 Å². The van der Waals surface area contributed by atoms with E-state index < -0.39 is 11.7 Å². The Morgan fingerprint density at radius 3 is 2.56 bits per heavy atom. The third kappa shape index (κ3) is 3.37. The van der Waals surface area contributed by atoms with Gasteiger partial charge in [-0.1, -0.05) is 12.1 Å². The molecule has 0 radical (unpaired) electrons. The number of aromatic nitrogens is 3. The minimum Gasteiger partial charge on any atom is -0.364 e. The molecule has 0 saturated carbocycles. The highest BCUT2D eigenvalue weighted by atomic mass is 19.1. The Balaban J connectivity index is 1.79. The lowest BCUT2D eigenvalue weighted by Gasteiger charge is -2.06. The van der Waals surface area contributed by atoms with Crippen molar-refractivity contribution in [1.29, 1.82) is 0 Å². The van der Waals surface area contributed by atoms with Crippen molar-refractivity contribution in [1.82, 2.24) is 15.0 Å². The fourth-order valence-corrected chi connectivity index (χ4v) is 2.28. The van der Waals surface area contributed by atoms with Crippen LogP contribution in [0.5, 0.6) is 0 Å². The molecule has 0 saturated heterocycles. The van der Waals surface area contributed by atoms with Gasteiger partial charge in [-0.15, -0.1) is 0 Å². The number of amides is 2. The summed E-state index contributed by atoms with van der Waals surface area (Å²) < 4.78 is 13.2. The van der Waals surface area contributed by atoms with E-state index in [0.717, 1.165) is 6.20 Å². The summed E-state index contributed by atoms with van der Waals surface area (Å²) in [6, 6.07) is 7.92. The third-order valence-corrected chi connectivity index (χ3v) is 3.59. The number of anilines is 1. The standard InChI is InChI=1S/C17H14FN5O2/c1-9-6-13(20-7-12(9)18)23-17(25)11-4-2-10(3-5-11)14-15(16(19)24)22-8-21-14/h2-8H,1H3,(H2,19,24)(H,21,22)(H,20,23,25). The van der Waals surface area contributed by atoms with Gasteiger partial charge in [-0.3, -0.25) is 9.59 Å². The van der Waals surface area contributed by atoms with Crippen LogP contribution in [0.2, 0.25) is 0 Å². The number of halogens is 1. The molecule has 2 heterocycles. The molecule has 2 amide bonds. The van der Waals surface area contributed by atoms with Crippen LogP contribution in [-0.4, -0.2) is 26.8 Å².